The maximum Gasteiger partial charge on any atom is 0.253 e. The molecule has 140 valence electrons. The molecule has 0 radical (unpaired) electrons. The molecule has 1 saturated heterocycles. The molecule has 1 aliphatic rings. The van der Waals surface area contributed by atoms with Crippen LogP contribution >= 0.6 is 12.4 Å². The van der Waals surface area contributed by atoms with Crippen LogP contribution in [0.25, 0.3) is 0 Å². The van der Waals surface area contributed by atoms with Crippen LogP contribution in [0, 0.1) is 0 Å². The van der Waals surface area contributed by atoms with Gasteiger partial charge in [-0.25, -0.2) is 0 Å². The van der Waals surface area contributed by atoms with E-state index < -0.39 is 0 Å². The number of methoxy groups -OCH3 is 2. The summed E-state index contributed by atoms with van der Waals surface area (Å²) in [5.41, 5.74) is 0.636. The molecule has 0 atom stereocenters. The summed E-state index contributed by atoms with van der Waals surface area (Å²) < 4.78 is 10.0. The highest BCUT2D eigenvalue weighted by Gasteiger charge is 2.24. The van der Waals surface area contributed by atoms with Crippen molar-refractivity contribution in [1.82, 2.24) is 15.1 Å². The average molecular weight is 372 g/mol. The average Bonchev–Trinajstić information content (AvgIpc) is 2.64. The number of ether oxygens (including phenoxy) is 2. The molecular formula is C17H26ClN3O4. The second-order valence-corrected chi connectivity index (χ2v) is 5.57. The quantitative estimate of drug-likeness (QED) is 0.712. The van der Waals surface area contributed by atoms with Crippen LogP contribution in [0.3, 0.4) is 0 Å². The van der Waals surface area contributed by atoms with Gasteiger partial charge in [0.15, 0.2) is 0 Å². The number of nitrogens with one attached hydrogen (secondary N) is 1. The number of carbonyl (C=O) groups excluding carboxylic acids is 2. The molecule has 0 aromatic heterocycles. The third kappa shape index (κ3) is 6.19. The van der Waals surface area contributed by atoms with Crippen molar-refractivity contribution >= 4 is 24.2 Å². The Bertz CT molecular complexity index is 545. The molecule has 0 spiro atoms. The predicted octanol–water partition coefficient (Wildman–Crippen LogP) is 0.637. The van der Waals surface area contributed by atoms with Gasteiger partial charge in [-0.3, -0.25) is 9.59 Å². The van der Waals surface area contributed by atoms with Gasteiger partial charge >= 0.3 is 0 Å². The van der Waals surface area contributed by atoms with Crippen LogP contribution in [0.2, 0.25) is 0 Å². The van der Waals surface area contributed by atoms with Gasteiger partial charge < -0.3 is 24.6 Å². The number of hydrogen-bond donors (Lipinski definition) is 1. The highest BCUT2D eigenvalue weighted by molar-refractivity contribution is 5.94. The summed E-state index contributed by atoms with van der Waals surface area (Å²) in [6.07, 6.45) is 0. The van der Waals surface area contributed by atoms with E-state index in [4.69, 9.17) is 9.47 Å². The standard InChI is InChI=1S/C17H25N3O4.ClH/c1-23-12-7-18-13-16(21)19-8-10-20(11-9-19)17(22)14-3-5-15(24-2)6-4-14;/h3-6,18H,7-13H2,1-2H3;1H. The fraction of sp³-hybridized carbons (Fsp3) is 0.529. The summed E-state index contributed by atoms with van der Waals surface area (Å²) >= 11 is 0. The molecule has 0 unspecified atom stereocenters. The molecule has 0 saturated carbocycles. The smallest absolute Gasteiger partial charge is 0.253 e. The van der Waals surface area contributed by atoms with E-state index in [1.807, 2.05) is 0 Å². The van der Waals surface area contributed by atoms with Crippen molar-refractivity contribution in [1.29, 1.82) is 0 Å². The van der Waals surface area contributed by atoms with Crippen molar-refractivity contribution < 1.29 is 19.1 Å². The Balaban J connectivity index is 0.00000312. The van der Waals surface area contributed by atoms with Crippen molar-refractivity contribution in [2.75, 3.05) is 60.1 Å². The minimum absolute atomic E-state index is 0. The number of carbonyl (C=O) groups is 2. The zero-order chi connectivity index (χ0) is 17.4. The van der Waals surface area contributed by atoms with Crippen LogP contribution in [-0.2, 0) is 9.53 Å². The van der Waals surface area contributed by atoms with Crippen molar-refractivity contribution in [3.8, 4) is 5.75 Å². The van der Waals surface area contributed by atoms with Gasteiger partial charge in [-0.2, -0.15) is 0 Å². The van der Waals surface area contributed by atoms with Gasteiger partial charge in [0.2, 0.25) is 5.91 Å². The highest BCUT2D eigenvalue weighted by Crippen LogP contribution is 2.14. The lowest BCUT2D eigenvalue weighted by Gasteiger charge is -2.35. The van der Waals surface area contributed by atoms with E-state index in [9.17, 15) is 9.59 Å². The molecule has 1 heterocycles. The second kappa shape index (κ2) is 10.9. The minimum Gasteiger partial charge on any atom is -0.497 e. The minimum atomic E-state index is -0.0111. The lowest BCUT2D eigenvalue weighted by molar-refractivity contribution is -0.131. The fourth-order valence-corrected chi connectivity index (χ4v) is 2.56. The summed E-state index contributed by atoms with van der Waals surface area (Å²) in [5, 5.41) is 3.05. The molecule has 25 heavy (non-hydrogen) atoms. The Kier molecular flexibility index (Phi) is 9.26. The van der Waals surface area contributed by atoms with E-state index >= 15 is 0 Å². The van der Waals surface area contributed by atoms with Gasteiger partial charge in [0, 0.05) is 45.4 Å². The Labute approximate surface area is 154 Å². The SMILES string of the molecule is COCCNCC(=O)N1CCN(C(=O)c2ccc(OC)cc2)CC1.Cl. The van der Waals surface area contributed by atoms with E-state index in [1.165, 1.54) is 0 Å². The first-order valence-electron chi connectivity index (χ1n) is 8.06. The topological polar surface area (TPSA) is 71.1 Å². The Morgan fingerprint density at radius 3 is 2.20 bits per heavy atom. The number of hydrogen-bond acceptors (Lipinski definition) is 5. The molecule has 7 nitrogen and oxygen atoms in total. The van der Waals surface area contributed by atoms with Crippen molar-refractivity contribution in [2.45, 2.75) is 0 Å². The summed E-state index contributed by atoms with van der Waals surface area (Å²) in [4.78, 5) is 28.1. The van der Waals surface area contributed by atoms with E-state index in [-0.39, 0.29) is 24.2 Å². The van der Waals surface area contributed by atoms with Gasteiger partial charge in [0.25, 0.3) is 5.91 Å². The molecule has 0 bridgehead atoms. The third-order valence-corrected chi connectivity index (χ3v) is 4.02. The van der Waals surface area contributed by atoms with Gasteiger partial charge in [-0.15, -0.1) is 12.4 Å². The number of rotatable bonds is 7. The number of amides is 2. The Morgan fingerprint density at radius 2 is 1.64 bits per heavy atom. The summed E-state index contributed by atoms with van der Waals surface area (Å²) in [6.45, 7) is 3.76. The van der Waals surface area contributed by atoms with Crippen LogP contribution < -0.4 is 10.1 Å². The van der Waals surface area contributed by atoms with E-state index in [0.717, 1.165) is 5.75 Å². The van der Waals surface area contributed by atoms with Crippen molar-refractivity contribution in [3.63, 3.8) is 0 Å². The first-order valence-corrected chi connectivity index (χ1v) is 8.06. The van der Waals surface area contributed by atoms with Crippen LogP contribution in [0.5, 0.6) is 5.75 Å². The lowest BCUT2D eigenvalue weighted by atomic mass is 10.1. The fourth-order valence-electron chi connectivity index (χ4n) is 2.56. The summed E-state index contributed by atoms with van der Waals surface area (Å²) in [6, 6.07) is 7.08. The molecule has 1 aromatic rings. The largest absolute Gasteiger partial charge is 0.497 e. The molecular weight excluding hydrogens is 346 g/mol. The first kappa shape index (κ1) is 21.2. The van der Waals surface area contributed by atoms with Crippen LogP contribution in [0.4, 0.5) is 0 Å². The first-order chi connectivity index (χ1) is 11.7. The zero-order valence-electron chi connectivity index (χ0n) is 14.7. The lowest BCUT2D eigenvalue weighted by Crippen LogP contribution is -2.52. The zero-order valence-corrected chi connectivity index (χ0v) is 15.5. The van der Waals surface area contributed by atoms with Crippen LogP contribution in [0.15, 0.2) is 24.3 Å². The van der Waals surface area contributed by atoms with E-state index in [0.29, 0.717) is 51.4 Å². The molecule has 0 aliphatic carbocycles. The summed E-state index contributed by atoms with van der Waals surface area (Å²) in [5.74, 6) is 0.772. The molecule has 1 fully saturated rings. The van der Waals surface area contributed by atoms with Crippen LogP contribution in [0.1, 0.15) is 10.4 Å². The van der Waals surface area contributed by atoms with Gasteiger partial charge in [0.1, 0.15) is 5.75 Å². The molecule has 1 N–H and O–H groups in total. The molecule has 1 aromatic carbocycles. The highest BCUT2D eigenvalue weighted by atomic mass is 35.5. The Hall–Kier alpha value is -1.83. The van der Waals surface area contributed by atoms with Crippen molar-refractivity contribution in [3.05, 3.63) is 29.8 Å². The maximum atomic E-state index is 12.5. The number of benzene rings is 1. The summed E-state index contributed by atoms with van der Waals surface area (Å²) in [7, 11) is 3.22. The Morgan fingerprint density at radius 1 is 1.04 bits per heavy atom. The van der Waals surface area contributed by atoms with Gasteiger partial charge in [0.05, 0.1) is 20.3 Å². The number of piperazine rings is 1. The van der Waals surface area contributed by atoms with Gasteiger partial charge in [-0.1, -0.05) is 0 Å². The monoisotopic (exact) mass is 371 g/mol. The second-order valence-electron chi connectivity index (χ2n) is 5.57. The molecule has 8 heteroatoms. The van der Waals surface area contributed by atoms with E-state index in [2.05, 4.69) is 5.32 Å². The van der Waals surface area contributed by atoms with Gasteiger partial charge in [-0.05, 0) is 24.3 Å². The third-order valence-electron chi connectivity index (χ3n) is 4.02. The van der Waals surface area contributed by atoms with Crippen molar-refractivity contribution in [2.24, 2.45) is 0 Å². The molecule has 2 rings (SSSR count). The molecule has 2 amide bonds. The van der Waals surface area contributed by atoms with Crippen LogP contribution in [-0.4, -0.2) is 81.7 Å². The number of nitrogens with zero attached hydrogens (tertiary/aromatic N) is 2. The van der Waals surface area contributed by atoms with E-state index in [1.54, 1.807) is 48.3 Å². The number of halogens is 1. The molecule has 1 aliphatic heterocycles. The maximum absolute atomic E-state index is 12.5. The normalized spacial score (nSPS) is 14.0. The predicted molar refractivity (Wildman–Crippen MR) is 97.5 cm³/mol.